The van der Waals surface area contributed by atoms with E-state index in [9.17, 15) is 9.18 Å². The number of rotatable bonds is 4. The van der Waals surface area contributed by atoms with Crippen LogP contribution in [0, 0.1) is 12.7 Å². The van der Waals surface area contributed by atoms with Gasteiger partial charge in [0.25, 0.3) is 5.91 Å². The van der Waals surface area contributed by atoms with Gasteiger partial charge in [0, 0.05) is 17.1 Å². The Kier molecular flexibility index (Phi) is 4.39. The fourth-order valence-corrected chi connectivity index (χ4v) is 2.76. The van der Waals surface area contributed by atoms with Crippen molar-refractivity contribution in [1.29, 1.82) is 0 Å². The number of carbonyl (C=O) groups excluding carboxylic acids is 1. The summed E-state index contributed by atoms with van der Waals surface area (Å²) in [6, 6.07) is 6.83. The smallest absolute Gasteiger partial charge is 0.257 e. The van der Waals surface area contributed by atoms with Gasteiger partial charge in [-0.2, -0.15) is 0 Å². The van der Waals surface area contributed by atoms with Gasteiger partial charge in [-0.25, -0.2) is 4.39 Å². The molecule has 0 fully saturated rings. The van der Waals surface area contributed by atoms with E-state index in [-0.39, 0.29) is 11.5 Å². The Morgan fingerprint density at radius 3 is 2.80 bits per heavy atom. The summed E-state index contributed by atoms with van der Waals surface area (Å²) in [6.07, 6.45) is 0. The maximum absolute atomic E-state index is 14.1. The van der Waals surface area contributed by atoms with E-state index < -0.39 is 5.82 Å². The predicted octanol–water partition coefficient (Wildman–Crippen LogP) is 3.44. The van der Waals surface area contributed by atoms with Gasteiger partial charge in [-0.05, 0) is 43.0 Å². The van der Waals surface area contributed by atoms with Gasteiger partial charge in [0.1, 0.15) is 5.82 Å². The molecule has 2 aromatic rings. The predicted molar refractivity (Wildman–Crippen MR) is 80.3 cm³/mol. The van der Waals surface area contributed by atoms with Crippen molar-refractivity contribution >= 4 is 22.9 Å². The van der Waals surface area contributed by atoms with E-state index in [2.05, 4.69) is 0 Å². The summed E-state index contributed by atoms with van der Waals surface area (Å²) < 4.78 is 14.1. The average Bonchev–Trinajstić information content (AvgIpc) is 2.92. The van der Waals surface area contributed by atoms with E-state index in [4.69, 9.17) is 5.73 Å². The monoisotopic (exact) mass is 292 g/mol. The number of hydrogen-bond donors (Lipinski definition) is 1. The third kappa shape index (κ3) is 2.99. The van der Waals surface area contributed by atoms with Crippen molar-refractivity contribution in [2.45, 2.75) is 20.4 Å². The molecule has 2 rings (SSSR count). The Labute approximate surface area is 121 Å². The Bertz CT molecular complexity index is 611. The van der Waals surface area contributed by atoms with Gasteiger partial charge in [-0.3, -0.25) is 4.79 Å². The quantitative estimate of drug-likeness (QED) is 0.877. The highest BCUT2D eigenvalue weighted by molar-refractivity contribution is 7.09. The number of halogens is 1. The largest absolute Gasteiger partial charge is 0.399 e. The SMILES string of the molecule is CCN(Cc1cccs1)C(=O)c1cc(N)cc(C)c1F. The Hall–Kier alpha value is -1.88. The molecule has 0 saturated carbocycles. The van der Waals surface area contributed by atoms with E-state index in [1.165, 1.54) is 12.1 Å². The number of nitrogens with zero attached hydrogens (tertiary/aromatic N) is 1. The van der Waals surface area contributed by atoms with Crippen LogP contribution in [0.25, 0.3) is 0 Å². The number of nitrogen functional groups attached to an aromatic ring is 1. The third-order valence-corrected chi connectivity index (χ3v) is 3.96. The fourth-order valence-electron chi connectivity index (χ4n) is 2.04. The molecular weight excluding hydrogens is 275 g/mol. The van der Waals surface area contributed by atoms with Crippen LogP contribution in [0.1, 0.15) is 27.7 Å². The van der Waals surface area contributed by atoms with Gasteiger partial charge in [0.05, 0.1) is 12.1 Å². The molecule has 106 valence electrons. The Morgan fingerprint density at radius 2 is 2.20 bits per heavy atom. The zero-order valence-electron chi connectivity index (χ0n) is 11.5. The number of anilines is 1. The fraction of sp³-hybridized carbons (Fsp3) is 0.267. The van der Waals surface area contributed by atoms with Crippen LogP contribution in [-0.4, -0.2) is 17.4 Å². The number of nitrogens with two attached hydrogens (primary N) is 1. The molecule has 0 atom stereocenters. The van der Waals surface area contributed by atoms with Crippen LogP contribution < -0.4 is 5.73 Å². The molecule has 0 radical (unpaired) electrons. The topological polar surface area (TPSA) is 46.3 Å². The summed E-state index contributed by atoms with van der Waals surface area (Å²) >= 11 is 1.58. The van der Waals surface area contributed by atoms with Gasteiger partial charge in [0.15, 0.2) is 0 Å². The molecule has 0 unspecified atom stereocenters. The van der Waals surface area contributed by atoms with Crippen molar-refractivity contribution in [3.05, 3.63) is 51.5 Å². The lowest BCUT2D eigenvalue weighted by Crippen LogP contribution is -2.31. The molecule has 1 amide bonds. The van der Waals surface area contributed by atoms with Gasteiger partial charge < -0.3 is 10.6 Å². The molecular formula is C15H17FN2OS. The van der Waals surface area contributed by atoms with Gasteiger partial charge in [-0.1, -0.05) is 6.07 Å². The van der Waals surface area contributed by atoms with Crippen LogP contribution >= 0.6 is 11.3 Å². The highest BCUT2D eigenvalue weighted by Gasteiger charge is 2.20. The van der Waals surface area contributed by atoms with Crippen LogP contribution in [0.15, 0.2) is 29.6 Å². The van der Waals surface area contributed by atoms with Crippen LogP contribution in [0.5, 0.6) is 0 Å². The molecule has 1 aromatic carbocycles. The van der Waals surface area contributed by atoms with E-state index >= 15 is 0 Å². The molecule has 0 bridgehead atoms. The zero-order valence-corrected chi connectivity index (χ0v) is 12.3. The lowest BCUT2D eigenvalue weighted by molar-refractivity contribution is 0.0749. The summed E-state index contributed by atoms with van der Waals surface area (Å²) in [5.74, 6) is -0.817. The number of hydrogen-bond acceptors (Lipinski definition) is 3. The molecule has 0 aliphatic heterocycles. The van der Waals surface area contributed by atoms with Crippen LogP contribution in [0.3, 0.4) is 0 Å². The Balaban J connectivity index is 2.29. The number of thiophene rings is 1. The maximum Gasteiger partial charge on any atom is 0.257 e. The second-order valence-electron chi connectivity index (χ2n) is 4.60. The second kappa shape index (κ2) is 6.05. The minimum Gasteiger partial charge on any atom is -0.399 e. The molecule has 0 spiro atoms. The van der Waals surface area contributed by atoms with Crippen LogP contribution in [0.2, 0.25) is 0 Å². The molecule has 1 heterocycles. The van der Waals surface area contributed by atoms with E-state index in [1.807, 2.05) is 24.4 Å². The first-order chi connectivity index (χ1) is 9.52. The lowest BCUT2D eigenvalue weighted by atomic mass is 10.1. The van der Waals surface area contributed by atoms with Gasteiger partial charge >= 0.3 is 0 Å². The summed E-state index contributed by atoms with van der Waals surface area (Å²) in [7, 11) is 0. The molecule has 20 heavy (non-hydrogen) atoms. The van der Waals surface area contributed by atoms with Crippen molar-refractivity contribution in [1.82, 2.24) is 4.90 Å². The molecule has 5 heteroatoms. The lowest BCUT2D eigenvalue weighted by Gasteiger charge is -2.21. The summed E-state index contributed by atoms with van der Waals surface area (Å²) in [4.78, 5) is 15.1. The highest BCUT2D eigenvalue weighted by Crippen LogP contribution is 2.20. The zero-order chi connectivity index (χ0) is 14.7. The molecule has 3 nitrogen and oxygen atoms in total. The Morgan fingerprint density at radius 1 is 1.45 bits per heavy atom. The first-order valence-electron chi connectivity index (χ1n) is 6.40. The van der Waals surface area contributed by atoms with E-state index in [1.54, 1.807) is 23.2 Å². The second-order valence-corrected chi connectivity index (χ2v) is 5.63. The van der Waals surface area contributed by atoms with E-state index in [0.29, 0.717) is 24.3 Å². The van der Waals surface area contributed by atoms with Crippen molar-refractivity contribution < 1.29 is 9.18 Å². The molecule has 2 N–H and O–H groups in total. The summed E-state index contributed by atoms with van der Waals surface area (Å²) in [5, 5.41) is 1.96. The van der Waals surface area contributed by atoms with Crippen molar-refractivity contribution in [2.75, 3.05) is 12.3 Å². The number of benzene rings is 1. The summed E-state index contributed by atoms with van der Waals surface area (Å²) in [5.41, 5.74) is 6.54. The van der Waals surface area contributed by atoms with Crippen LogP contribution in [-0.2, 0) is 6.54 Å². The van der Waals surface area contributed by atoms with Gasteiger partial charge in [-0.15, -0.1) is 11.3 Å². The number of carbonyl (C=O) groups is 1. The van der Waals surface area contributed by atoms with Crippen molar-refractivity contribution in [3.8, 4) is 0 Å². The summed E-state index contributed by atoms with van der Waals surface area (Å²) in [6.45, 7) is 4.49. The molecule has 0 aliphatic carbocycles. The third-order valence-electron chi connectivity index (χ3n) is 3.10. The molecule has 0 aliphatic rings. The molecule has 1 aromatic heterocycles. The normalized spacial score (nSPS) is 10.6. The maximum atomic E-state index is 14.1. The molecule has 0 saturated heterocycles. The number of aryl methyl sites for hydroxylation is 1. The standard InChI is InChI=1S/C15H17FN2OS/c1-3-18(9-12-5-4-6-20-12)15(19)13-8-11(17)7-10(2)14(13)16/h4-8H,3,9,17H2,1-2H3. The first kappa shape index (κ1) is 14.5. The van der Waals surface area contributed by atoms with Crippen LogP contribution in [0.4, 0.5) is 10.1 Å². The first-order valence-corrected chi connectivity index (χ1v) is 7.28. The average molecular weight is 292 g/mol. The minimum absolute atomic E-state index is 0.0425. The number of amides is 1. The van der Waals surface area contributed by atoms with Gasteiger partial charge in [0.2, 0.25) is 0 Å². The minimum atomic E-state index is -0.492. The van der Waals surface area contributed by atoms with Crippen molar-refractivity contribution in [3.63, 3.8) is 0 Å². The van der Waals surface area contributed by atoms with Crippen molar-refractivity contribution in [2.24, 2.45) is 0 Å². The van der Waals surface area contributed by atoms with E-state index in [0.717, 1.165) is 4.88 Å². The highest BCUT2D eigenvalue weighted by atomic mass is 32.1.